The van der Waals surface area contributed by atoms with Gasteiger partial charge in [0.1, 0.15) is 12.4 Å². The van der Waals surface area contributed by atoms with Gasteiger partial charge in [0.25, 0.3) is 0 Å². The number of nitrogens with one attached hydrogen (secondary N) is 1. The van der Waals surface area contributed by atoms with Crippen LogP contribution < -0.4 is 10.1 Å². The van der Waals surface area contributed by atoms with Gasteiger partial charge in [0, 0.05) is 38.8 Å². The molecule has 1 unspecified atom stereocenters. The molecule has 30 heavy (non-hydrogen) atoms. The predicted molar refractivity (Wildman–Crippen MR) is 121 cm³/mol. The fourth-order valence-electron chi connectivity index (χ4n) is 3.66. The number of aliphatic imine (C=N–C) groups is 1. The summed E-state index contributed by atoms with van der Waals surface area (Å²) < 4.78 is 48.8. The van der Waals surface area contributed by atoms with E-state index < -0.39 is 11.7 Å². The zero-order valence-corrected chi connectivity index (χ0v) is 19.5. The Kier molecular flexibility index (Phi) is 9.95. The summed E-state index contributed by atoms with van der Waals surface area (Å²) >= 11 is 0. The van der Waals surface area contributed by atoms with Gasteiger partial charge in [-0.2, -0.15) is 13.2 Å². The molecule has 170 valence electrons. The molecule has 1 aromatic carbocycles. The molecule has 0 spiro atoms. The van der Waals surface area contributed by atoms with E-state index in [1.807, 2.05) is 6.92 Å². The van der Waals surface area contributed by atoms with Gasteiger partial charge in [0.05, 0.1) is 25.3 Å². The number of hydrogen-bond donors (Lipinski definition) is 1. The number of alkyl halides is 3. The van der Waals surface area contributed by atoms with E-state index in [4.69, 9.17) is 9.47 Å². The summed E-state index contributed by atoms with van der Waals surface area (Å²) in [7, 11) is 0. The highest BCUT2D eigenvalue weighted by Crippen LogP contribution is 2.30. The Labute approximate surface area is 192 Å². The van der Waals surface area contributed by atoms with Crippen molar-refractivity contribution in [3.63, 3.8) is 0 Å². The third kappa shape index (κ3) is 7.16. The lowest BCUT2D eigenvalue weighted by atomic mass is 10.2. The van der Waals surface area contributed by atoms with Crippen molar-refractivity contribution in [2.45, 2.75) is 25.6 Å². The van der Waals surface area contributed by atoms with Crippen LogP contribution in [0.2, 0.25) is 0 Å². The first kappa shape index (κ1) is 25.0. The molecular weight excluding hydrogens is 512 g/mol. The molecule has 2 heterocycles. The van der Waals surface area contributed by atoms with E-state index in [-0.39, 0.29) is 24.0 Å². The minimum absolute atomic E-state index is 0. The monoisotopic (exact) mass is 542 g/mol. The summed E-state index contributed by atoms with van der Waals surface area (Å²) in [4.78, 5) is 9.38. The van der Waals surface area contributed by atoms with Gasteiger partial charge in [-0.1, -0.05) is 0 Å². The van der Waals surface area contributed by atoms with Crippen molar-refractivity contribution in [1.29, 1.82) is 0 Å². The van der Waals surface area contributed by atoms with Crippen LogP contribution in [0.25, 0.3) is 0 Å². The Balaban J connectivity index is 0.00000320. The molecule has 1 aromatic rings. The van der Waals surface area contributed by atoms with Gasteiger partial charge in [-0.05, 0) is 37.6 Å². The maximum absolute atomic E-state index is 12.6. The van der Waals surface area contributed by atoms with E-state index in [0.717, 1.165) is 70.5 Å². The van der Waals surface area contributed by atoms with Crippen LogP contribution in [-0.4, -0.2) is 80.9 Å². The van der Waals surface area contributed by atoms with E-state index in [9.17, 15) is 13.2 Å². The molecule has 0 aromatic heterocycles. The van der Waals surface area contributed by atoms with Crippen molar-refractivity contribution in [2.24, 2.45) is 4.99 Å². The number of hydrogen-bond acceptors (Lipinski definition) is 4. The third-order valence-corrected chi connectivity index (χ3v) is 5.16. The Bertz CT molecular complexity index is 667. The van der Waals surface area contributed by atoms with Gasteiger partial charge < -0.3 is 19.7 Å². The van der Waals surface area contributed by atoms with E-state index in [1.165, 1.54) is 12.1 Å². The zero-order valence-electron chi connectivity index (χ0n) is 17.2. The highest BCUT2D eigenvalue weighted by Gasteiger charge is 2.31. The van der Waals surface area contributed by atoms with Crippen LogP contribution in [0.5, 0.6) is 5.75 Å². The average Bonchev–Trinajstić information content (AvgIpc) is 3.21. The number of guanidine groups is 1. The van der Waals surface area contributed by atoms with Crippen LogP contribution in [0.1, 0.15) is 18.9 Å². The Morgan fingerprint density at radius 3 is 2.53 bits per heavy atom. The molecule has 2 aliphatic rings. The largest absolute Gasteiger partial charge is 0.492 e. The Hall–Kier alpha value is -1.27. The van der Waals surface area contributed by atoms with E-state index in [2.05, 4.69) is 20.1 Å². The van der Waals surface area contributed by atoms with Crippen LogP contribution in [0.15, 0.2) is 29.3 Å². The van der Waals surface area contributed by atoms with E-state index >= 15 is 0 Å². The Morgan fingerprint density at radius 2 is 1.90 bits per heavy atom. The van der Waals surface area contributed by atoms with Gasteiger partial charge in [-0.25, -0.2) is 4.99 Å². The minimum atomic E-state index is -4.33. The molecule has 6 nitrogen and oxygen atoms in total. The summed E-state index contributed by atoms with van der Waals surface area (Å²) in [6, 6.07) is 5.25. The Morgan fingerprint density at radius 1 is 1.20 bits per heavy atom. The highest BCUT2D eigenvalue weighted by atomic mass is 127. The van der Waals surface area contributed by atoms with Crippen LogP contribution in [0.4, 0.5) is 13.2 Å². The minimum Gasteiger partial charge on any atom is -0.492 e. The second kappa shape index (κ2) is 11.9. The number of nitrogens with zero attached hydrogens (tertiary/aromatic N) is 3. The van der Waals surface area contributed by atoms with Crippen molar-refractivity contribution >= 4 is 29.9 Å². The second-order valence-electron chi connectivity index (χ2n) is 7.14. The predicted octanol–water partition coefficient (Wildman–Crippen LogP) is 3.07. The maximum Gasteiger partial charge on any atom is 0.416 e. The number of halogens is 4. The molecule has 10 heteroatoms. The second-order valence-corrected chi connectivity index (χ2v) is 7.14. The third-order valence-electron chi connectivity index (χ3n) is 5.16. The summed E-state index contributed by atoms with van der Waals surface area (Å²) in [6.07, 6.45) is -3.23. The number of rotatable bonds is 6. The molecule has 0 aliphatic carbocycles. The maximum atomic E-state index is 12.6. The van der Waals surface area contributed by atoms with Crippen molar-refractivity contribution in [2.75, 3.05) is 59.1 Å². The lowest BCUT2D eigenvalue weighted by molar-refractivity contribution is -0.137. The first-order valence-electron chi connectivity index (χ1n) is 10.1. The molecule has 0 bridgehead atoms. The normalized spacial score (nSPS) is 20.7. The zero-order chi connectivity index (χ0) is 20.7. The SMILES string of the molecule is CCNC(=NCCOc1ccc(C(F)(F)F)cc1)N1CCC(N2CCOCC2)C1.I. The number of benzene rings is 1. The van der Waals surface area contributed by atoms with Gasteiger partial charge >= 0.3 is 6.18 Å². The lowest BCUT2D eigenvalue weighted by Crippen LogP contribution is -2.46. The van der Waals surface area contributed by atoms with Gasteiger partial charge in [-0.15, -0.1) is 24.0 Å². The van der Waals surface area contributed by atoms with Gasteiger partial charge in [-0.3, -0.25) is 4.90 Å². The average molecular weight is 542 g/mol. The summed E-state index contributed by atoms with van der Waals surface area (Å²) in [5.41, 5.74) is -0.679. The van der Waals surface area contributed by atoms with Gasteiger partial charge in [0.2, 0.25) is 0 Å². The van der Waals surface area contributed by atoms with Crippen molar-refractivity contribution in [3.05, 3.63) is 29.8 Å². The number of likely N-dealkylation sites (tertiary alicyclic amines) is 1. The van der Waals surface area contributed by atoms with Crippen molar-refractivity contribution < 1.29 is 22.6 Å². The number of morpholine rings is 1. The van der Waals surface area contributed by atoms with Gasteiger partial charge in [0.15, 0.2) is 5.96 Å². The van der Waals surface area contributed by atoms with E-state index in [1.54, 1.807) is 0 Å². The van der Waals surface area contributed by atoms with Crippen LogP contribution in [0.3, 0.4) is 0 Å². The lowest BCUT2D eigenvalue weighted by Gasteiger charge is -2.32. The molecule has 2 fully saturated rings. The molecule has 1 atom stereocenters. The smallest absolute Gasteiger partial charge is 0.416 e. The van der Waals surface area contributed by atoms with Crippen LogP contribution in [-0.2, 0) is 10.9 Å². The molecule has 0 amide bonds. The molecule has 0 radical (unpaired) electrons. The van der Waals surface area contributed by atoms with E-state index in [0.29, 0.717) is 24.9 Å². The van der Waals surface area contributed by atoms with Crippen molar-refractivity contribution in [1.82, 2.24) is 15.1 Å². The molecule has 0 saturated carbocycles. The fourth-order valence-corrected chi connectivity index (χ4v) is 3.66. The molecule has 3 rings (SSSR count). The quantitative estimate of drug-likeness (QED) is 0.259. The highest BCUT2D eigenvalue weighted by molar-refractivity contribution is 14.0. The van der Waals surface area contributed by atoms with Crippen LogP contribution >= 0.6 is 24.0 Å². The first-order valence-corrected chi connectivity index (χ1v) is 10.1. The van der Waals surface area contributed by atoms with Crippen LogP contribution in [0, 0.1) is 0 Å². The summed E-state index contributed by atoms with van der Waals surface area (Å²) in [5.74, 6) is 1.27. The van der Waals surface area contributed by atoms with Crippen molar-refractivity contribution in [3.8, 4) is 5.75 Å². The molecule has 2 saturated heterocycles. The fraction of sp³-hybridized carbons (Fsp3) is 0.650. The molecule has 1 N–H and O–H groups in total. The summed E-state index contributed by atoms with van der Waals surface area (Å²) in [5, 5.41) is 3.32. The topological polar surface area (TPSA) is 49.3 Å². The summed E-state index contributed by atoms with van der Waals surface area (Å²) in [6.45, 7) is 8.99. The standard InChI is InChI=1S/C20H29F3N4O2.HI/c1-2-24-19(27-9-7-17(15-27)26-10-13-28-14-11-26)25-8-12-29-18-5-3-16(4-6-18)20(21,22)23;/h3-6,17H,2,7-15H2,1H3,(H,24,25);1H. The number of ether oxygens (including phenoxy) is 2. The molecule has 2 aliphatic heterocycles. The molecular formula is C20H30F3IN4O2. The first-order chi connectivity index (χ1) is 14.0.